The first-order valence-corrected chi connectivity index (χ1v) is 8.65. The fraction of sp³-hybridized carbons (Fsp3) is 0.400. The van der Waals surface area contributed by atoms with E-state index >= 15 is 0 Å². The molecule has 1 N–H and O–H groups in total. The van der Waals surface area contributed by atoms with E-state index in [9.17, 15) is 9.59 Å². The van der Waals surface area contributed by atoms with Gasteiger partial charge in [0.15, 0.2) is 6.61 Å². The van der Waals surface area contributed by atoms with Crippen molar-refractivity contribution < 1.29 is 14.3 Å². The van der Waals surface area contributed by atoms with E-state index in [4.69, 9.17) is 4.74 Å². The molecule has 2 aromatic rings. The van der Waals surface area contributed by atoms with E-state index < -0.39 is 5.97 Å². The molecule has 0 aliphatic carbocycles. The molecule has 0 aliphatic rings. The highest BCUT2D eigenvalue weighted by Crippen LogP contribution is 2.11. The van der Waals surface area contributed by atoms with Gasteiger partial charge >= 0.3 is 5.97 Å². The number of nitrogens with zero attached hydrogens (tertiary/aromatic N) is 1. The topological polar surface area (TPSA) is 60.3 Å². The molecule has 0 fully saturated rings. The molecule has 25 heavy (non-hydrogen) atoms. The highest BCUT2D eigenvalue weighted by molar-refractivity contribution is 5.91. The first-order chi connectivity index (χ1) is 12.0. The minimum absolute atomic E-state index is 0.0782. The van der Waals surface area contributed by atoms with Gasteiger partial charge in [0.25, 0.3) is 5.91 Å². The van der Waals surface area contributed by atoms with Crippen LogP contribution in [0.4, 0.5) is 0 Å². The molecule has 1 aromatic heterocycles. The zero-order chi connectivity index (χ0) is 18.2. The summed E-state index contributed by atoms with van der Waals surface area (Å²) in [6, 6.07) is 11.0. The molecule has 5 heteroatoms. The largest absolute Gasteiger partial charge is 0.452 e. The number of aromatic nitrogens is 1. The van der Waals surface area contributed by atoms with Gasteiger partial charge in [0.05, 0.1) is 5.56 Å². The van der Waals surface area contributed by atoms with E-state index in [2.05, 4.69) is 19.2 Å². The highest BCUT2D eigenvalue weighted by atomic mass is 16.5. The second-order valence-corrected chi connectivity index (χ2v) is 6.65. The molecule has 0 aliphatic heterocycles. The van der Waals surface area contributed by atoms with Crippen LogP contribution in [0.3, 0.4) is 0 Å². The number of nitrogens with one attached hydrogen (secondary N) is 1. The van der Waals surface area contributed by atoms with E-state index in [1.165, 1.54) is 0 Å². The Morgan fingerprint density at radius 3 is 2.28 bits per heavy atom. The SMILES string of the molecule is CC(C)CC[C@H](C)NC(=O)COC(=O)c1ccc(-n2cccc2)cc1. The zero-order valence-corrected chi connectivity index (χ0v) is 15.1. The Bertz CT molecular complexity index is 675. The summed E-state index contributed by atoms with van der Waals surface area (Å²) in [5.41, 5.74) is 1.38. The predicted molar refractivity (Wildman–Crippen MR) is 97.7 cm³/mol. The van der Waals surface area contributed by atoms with Crippen molar-refractivity contribution in [2.24, 2.45) is 5.92 Å². The van der Waals surface area contributed by atoms with Crippen LogP contribution in [0.25, 0.3) is 5.69 Å². The summed E-state index contributed by atoms with van der Waals surface area (Å²) in [4.78, 5) is 23.9. The van der Waals surface area contributed by atoms with Crippen molar-refractivity contribution in [3.63, 3.8) is 0 Å². The predicted octanol–water partition coefficient (Wildman–Crippen LogP) is 3.58. The van der Waals surface area contributed by atoms with Gasteiger partial charge in [-0.1, -0.05) is 13.8 Å². The average Bonchev–Trinajstić information content (AvgIpc) is 3.12. The molecule has 0 unspecified atom stereocenters. The lowest BCUT2D eigenvalue weighted by molar-refractivity contribution is -0.124. The Morgan fingerprint density at radius 2 is 1.68 bits per heavy atom. The number of rotatable bonds is 8. The third kappa shape index (κ3) is 6.10. The number of ether oxygens (including phenoxy) is 1. The van der Waals surface area contributed by atoms with Crippen LogP contribution in [0.2, 0.25) is 0 Å². The monoisotopic (exact) mass is 342 g/mol. The second kappa shape index (κ2) is 9.06. The van der Waals surface area contributed by atoms with Gasteiger partial charge in [-0.15, -0.1) is 0 Å². The van der Waals surface area contributed by atoms with Gasteiger partial charge in [0, 0.05) is 24.1 Å². The van der Waals surface area contributed by atoms with E-state index in [0.717, 1.165) is 18.5 Å². The zero-order valence-electron chi connectivity index (χ0n) is 15.1. The fourth-order valence-corrected chi connectivity index (χ4v) is 2.46. The first-order valence-electron chi connectivity index (χ1n) is 8.65. The summed E-state index contributed by atoms with van der Waals surface area (Å²) in [5, 5.41) is 2.85. The van der Waals surface area contributed by atoms with Crippen molar-refractivity contribution in [2.45, 2.75) is 39.7 Å². The lowest BCUT2D eigenvalue weighted by Gasteiger charge is -2.15. The first kappa shape index (κ1) is 18.8. The highest BCUT2D eigenvalue weighted by Gasteiger charge is 2.12. The molecule has 134 valence electrons. The Balaban J connectivity index is 1.78. The molecule has 5 nitrogen and oxygen atoms in total. The number of carbonyl (C=O) groups excluding carboxylic acids is 2. The summed E-state index contributed by atoms with van der Waals surface area (Å²) in [6.45, 7) is 6.00. The molecule has 0 spiro atoms. The molecular formula is C20H26N2O3. The molecule has 0 radical (unpaired) electrons. The molecule has 1 amide bonds. The smallest absolute Gasteiger partial charge is 0.338 e. The van der Waals surface area contributed by atoms with Gasteiger partial charge in [-0.25, -0.2) is 4.79 Å². The summed E-state index contributed by atoms with van der Waals surface area (Å²) in [6.07, 6.45) is 5.82. The summed E-state index contributed by atoms with van der Waals surface area (Å²) < 4.78 is 7.03. The van der Waals surface area contributed by atoms with Crippen molar-refractivity contribution in [3.05, 3.63) is 54.4 Å². The number of benzene rings is 1. The van der Waals surface area contributed by atoms with E-state index in [0.29, 0.717) is 11.5 Å². The minimum atomic E-state index is -0.496. The lowest BCUT2D eigenvalue weighted by atomic mass is 10.0. The Morgan fingerprint density at radius 1 is 1.04 bits per heavy atom. The molecular weight excluding hydrogens is 316 g/mol. The lowest BCUT2D eigenvalue weighted by Crippen LogP contribution is -2.36. The molecule has 2 rings (SSSR count). The molecule has 0 saturated heterocycles. The summed E-state index contributed by atoms with van der Waals surface area (Å²) >= 11 is 0. The van der Waals surface area contributed by atoms with Crippen LogP contribution in [0, 0.1) is 5.92 Å². The Labute approximate surface area is 149 Å². The van der Waals surface area contributed by atoms with Gasteiger partial charge in [-0.3, -0.25) is 4.79 Å². The normalized spacial score (nSPS) is 12.0. The quantitative estimate of drug-likeness (QED) is 0.746. The number of carbonyl (C=O) groups is 2. The van der Waals surface area contributed by atoms with Crippen molar-refractivity contribution in [3.8, 4) is 5.69 Å². The maximum Gasteiger partial charge on any atom is 0.338 e. The van der Waals surface area contributed by atoms with Crippen LogP contribution >= 0.6 is 0 Å². The van der Waals surface area contributed by atoms with E-state index in [1.807, 2.05) is 48.1 Å². The van der Waals surface area contributed by atoms with Crippen LogP contribution in [-0.4, -0.2) is 29.1 Å². The summed E-state index contributed by atoms with van der Waals surface area (Å²) in [5.74, 6) is -0.163. The third-order valence-corrected chi connectivity index (χ3v) is 3.92. The van der Waals surface area contributed by atoms with Crippen LogP contribution in [0.1, 0.15) is 44.0 Å². The van der Waals surface area contributed by atoms with Crippen molar-refractivity contribution >= 4 is 11.9 Å². The van der Waals surface area contributed by atoms with Gasteiger partial charge in [-0.05, 0) is 62.1 Å². The average molecular weight is 342 g/mol. The van der Waals surface area contributed by atoms with Crippen molar-refractivity contribution in [2.75, 3.05) is 6.61 Å². The number of amides is 1. The van der Waals surface area contributed by atoms with Gasteiger partial charge in [0.2, 0.25) is 0 Å². The maximum absolute atomic E-state index is 12.0. The van der Waals surface area contributed by atoms with Crippen molar-refractivity contribution in [1.29, 1.82) is 0 Å². The number of hydrogen-bond acceptors (Lipinski definition) is 3. The fourth-order valence-electron chi connectivity index (χ4n) is 2.46. The molecule has 1 aromatic carbocycles. The number of esters is 1. The van der Waals surface area contributed by atoms with E-state index in [-0.39, 0.29) is 18.6 Å². The van der Waals surface area contributed by atoms with E-state index in [1.54, 1.807) is 12.1 Å². The van der Waals surface area contributed by atoms with Crippen LogP contribution in [0.15, 0.2) is 48.8 Å². The van der Waals surface area contributed by atoms with Crippen LogP contribution in [0.5, 0.6) is 0 Å². The van der Waals surface area contributed by atoms with Gasteiger partial charge in [-0.2, -0.15) is 0 Å². The van der Waals surface area contributed by atoms with Gasteiger partial charge in [0.1, 0.15) is 0 Å². The summed E-state index contributed by atoms with van der Waals surface area (Å²) in [7, 11) is 0. The van der Waals surface area contributed by atoms with Crippen molar-refractivity contribution in [1.82, 2.24) is 9.88 Å². The minimum Gasteiger partial charge on any atom is -0.452 e. The molecule has 1 atom stereocenters. The Hall–Kier alpha value is -2.56. The van der Waals surface area contributed by atoms with Gasteiger partial charge < -0.3 is 14.6 Å². The number of hydrogen-bond donors (Lipinski definition) is 1. The standard InChI is InChI=1S/C20H26N2O3/c1-15(2)6-7-16(3)21-19(23)14-25-20(24)17-8-10-18(11-9-17)22-12-4-5-13-22/h4-5,8-13,15-16H,6-7,14H2,1-3H3,(H,21,23)/t16-/m0/s1. The molecule has 1 heterocycles. The molecule has 0 saturated carbocycles. The maximum atomic E-state index is 12.0. The van der Waals surface area contributed by atoms with Crippen LogP contribution in [-0.2, 0) is 9.53 Å². The Kier molecular flexibility index (Phi) is 6.81. The third-order valence-electron chi connectivity index (χ3n) is 3.92. The van der Waals surface area contributed by atoms with Crippen LogP contribution < -0.4 is 5.32 Å². The second-order valence-electron chi connectivity index (χ2n) is 6.65. The molecule has 0 bridgehead atoms.